The molecule has 1 aromatic carbocycles. The number of anilines is 2. The third-order valence-electron chi connectivity index (χ3n) is 3.64. The number of amides is 1. The van der Waals surface area contributed by atoms with Crippen molar-refractivity contribution in [3.8, 4) is 5.75 Å². The second-order valence-corrected chi connectivity index (χ2v) is 5.41. The molecule has 0 atom stereocenters. The fourth-order valence-corrected chi connectivity index (χ4v) is 2.38. The molecular weight excluding hydrogens is 332 g/mol. The summed E-state index contributed by atoms with van der Waals surface area (Å²) >= 11 is 0. The van der Waals surface area contributed by atoms with Crippen LogP contribution in [0.2, 0.25) is 0 Å². The number of halogens is 2. The Morgan fingerprint density at radius 3 is 2.72 bits per heavy atom. The SMILES string of the molecule is O=C(COc1ccc(F)cc1F)Nc1ccc(N2CCOCC2)cn1. The molecule has 1 aliphatic rings. The molecule has 1 amide bonds. The molecule has 2 aromatic rings. The number of carbonyl (C=O) groups is 1. The highest BCUT2D eigenvalue weighted by atomic mass is 19.1. The number of pyridine rings is 1. The smallest absolute Gasteiger partial charge is 0.263 e. The number of carbonyl (C=O) groups excluding carboxylic acids is 1. The minimum absolute atomic E-state index is 0.188. The standard InChI is InChI=1S/C17H17F2N3O3/c18-12-1-3-15(14(19)9-12)25-11-17(23)21-16-4-2-13(10-20-16)22-5-7-24-8-6-22/h1-4,9-10H,5-8,11H2,(H,20,21,23). The summed E-state index contributed by atoms with van der Waals surface area (Å²) in [6.45, 7) is 2.54. The van der Waals surface area contributed by atoms with E-state index in [4.69, 9.17) is 9.47 Å². The third-order valence-corrected chi connectivity index (χ3v) is 3.64. The van der Waals surface area contributed by atoms with E-state index in [0.717, 1.165) is 30.9 Å². The van der Waals surface area contributed by atoms with Crippen molar-refractivity contribution in [2.24, 2.45) is 0 Å². The van der Waals surface area contributed by atoms with Crippen LogP contribution in [0.15, 0.2) is 36.5 Å². The Labute approximate surface area is 143 Å². The van der Waals surface area contributed by atoms with Crippen LogP contribution in [0.4, 0.5) is 20.3 Å². The summed E-state index contributed by atoms with van der Waals surface area (Å²) in [5.41, 5.74) is 0.950. The number of ether oxygens (including phenoxy) is 2. The first kappa shape index (κ1) is 17.1. The van der Waals surface area contributed by atoms with E-state index in [0.29, 0.717) is 25.1 Å². The molecule has 1 aliphatic heterocycles. The summed E-state index contributed by atoms with van der Waals surface area (Å²) < 4.78 is 36.6. The Hall–Kier alpha value is -2.74. The average molecular weight is 349 g/mol. The van der Waals surface area contributed by atoms with Gasteiger partial charge in [-0.2, -0.15) is 0 Å². The molecule has 0 saturated carbocycles. The van der Waals surface area contributed by atoms with Crippen LogP contribution in [0.25, 0.3) is 0 Å². The lowest BCUT2D eigenvalue weighted by Gasteiger charge is -2.28. The van der Waals surface area contributed by atoms with Gasteiger partial charge in [-0.05, 0) is 24.3 Å². The van der Waals surface area contributed by atoms with Gasteiger partial charge in [-0.15, -0.1) is 0 Å². The first-order valence-electron chi connectivity index (χ1n) is 7.78. The molecule has 1 aromatic heterocycles. The average Bonchev–Trinajstić information content (AvgIpc) is 2.62. The molecule has 8 heteroatoms. The van der Waals surface area contributed by atoms with Crippen molar-refractivity contribution in [2.45, 2.75) is 0 Å². The summed E-state index contributed by atoms with van der Waals surface area (Å²) in [6, 6.07) is 6.42. The van der Waals surface area contributed by atoms with Gasteiger partial charge in [0.2, 0.25) is 0 Å². The van der Waals surface area contributed by atoms with Crippen LogP contribution in [-0.2, 0) is 9.53 Å². The molecule has 0 bridgehead atoms. The lowest BCUT2D eigenvalue weighted by atomic mass is 10.3. The van der Waals surface area contributed by atoms with Gasteiger partial charge in [0.15, 0.2) is 18.2 Å². The summed E-state index contributed by atoms with van der Waals surface area (Å²) in [7, 11) is 0. The number of nitrogens with zero attached hydrogens (tertiary/aromatic N) is 2. The molecular formula is C17H17F2N3O3. The zero-order chi connectivity index (χ0) is 17.6. The van der Waals surface area contributed by atoms with E-state index in [2.05, 4.69) is 15.2 Å². The Morgan fingerprint density at radius 2 is 2.04 bits per heavy atom. The second-order valence-electron chi connectivity index (χ2n) is 5.41. The van der Waals surface area contributed by atoms with Gasteiger partial charge >= 0.3 is 0 Å². The largest absolute Gasteiger partial charge is 0.481 e. The number of rotatable bonds is 5. The molecule has 1 saturated heterocycles. The highest BCUT2D eigenvalue weighted by molar-refractivity contribution is 5.91. The van der Waals surface area contributed by atoms with Gasteiger partial charge in [0.25, 0.3) is 5.91 Å². The van der Waals surface area contributed by atoms with Crippen LogP contribution in [0, 0.1) is 11.6 Å². The van der Waals surface area contributed by atoms with Crippen molar-refractivity contribution in [3.05, 3.63) is 48.2 Å². The number of benzene rings is 1. The number of aromatic nitrogens is 1. The molecule has 0 radical (unpaired) electrons. The van der Waals surface area contributed by atoms with E-state index in [1.165, 1.54) is 0 Å². The van der Waals surface area contributed by atoms with E-state index in [9.17, 15) is 13.6 Å². The first-order chi connectivity index (χ1) is 12.1. The molecule has 3 rings (SSSR count). The predicted octanol–water partition coefficient (Wildman–Crippen LogP) is 2.21. The van der Waals surface area contributed by atoms with Crippen molar-refractivity contribution in [1.82, 2.24) is 4.98 Å². The van der Waals surface area contributed by atoms with Crippen molar-refractivity contribution >= 4 is 17.4 Å². The number of hydrogen-bond acceptors (Lipinski definition) is 5. The lowest BCUT2D eigenvalue weighted by molar-refractivity contribution is -0.118. The molecule has 132 valence electrons. The summed E-state index contributed by atoms with van der Waals surface area (Å²) in [4.78, 5) is 18.2. The minimum Gasteiger partial charge on any atom is -0.481 e. The first-order valence-corrected chi connectivity index (χ1v) is 7.78. The van der Waals surface area contributed by atoms with E-state index < -0.39 is 24.1 Å². The summed E-state index contributed by atoms with van der Waals surface area (Å²) in [5.74, 6) is -1.88. The van der Waals surface area contributed by atoms with Gasteiger partial charge in [0, 0.05) is 19.2 Å². The van der Waals surface area contributed by atoms with Crippen LogP contribution in [-0.4, -0.2) is 43.8 Å². The minimum atomic E-state index is -0.860. The third kappa shape index (κ3) is 4.63. The van der Waals surface area contributed by atoms with Crippen LogP contribution < -0.4 is 15.0 Å². The van der Waals surface area contributed by atoms with Crippen LogP contribution >= 0.6 is 0 Å². The zero-order valence-electron chi connectivity index (χ0n) is 13.4. The van der Waals surface area contributed by atoms with E-state index in [1.807, 2.05) is 6.07 Å². The van der Waals surface area contributed by atoms with Gasteiger partial charge in [0.05, 0.1) is 25.1 Å². The maximum absolute atomic E-state index is 13.4. The van der Waals surface area contributed by atoms with E-state index in [1.54, 1.807) is 12.3 Å². The highest BCUT2D eigenvalue weighted by Gasteiger charge is 2.12. The number of morpholine rings is 1. The maximum atomic E-state index is 13.4. The summed E-state index contributed by atoms with van der Waals surface area (Å²) in [5, 5.41) is 2.56. The van der Waals surface area contributed by atoms with E-state index >= 15 is 0 Å². The van der Waals surface area contributed by atoms with Crippen LogP contribution in [0.5, 0.6) is 5.75 Å². The van der Waals surface area contributed by atoms with Gasteiger partial charge < -0.3 is 19.7 Å². The zero-order valence-corrected chi connectivity index (χ0v) is 13.4. The fraction of sp³-hybridized carbons (Fsp3) is 0.294. The Kier molecular flexibility index (Phi) is 5.39. The summed E-state index contributed by atoms with van der Waals surface area (Å²) in [6.07, 6.45) is 1.67. The van der Waals surface area contributed by atoms with Crippen molar-refractivity contribution in [2.75, 3.05) is 43.1 Å². The molecule has 2 heterocycles. The predicted molar refractivity (Wildman–Crippen MR) is 87.8 cm³/mol. The number of hydrogen-bond donors (Lipinski definition) is 1. The maximum Gasteiger partial charge on any atom is 0.263 e. The molecule has 0 aliphatic carbocycles. The topological polar surface area (TPSA) is 63.7 Å². The molecule has 6 nitrogen and oxygen atoms in total. The van der Waals surface area contributed by atoms with Crippen LogP contribution in [0.1, 0.15) is 0 Å². The molecule has 1 N–H and O–H groups in total. The second kappa shape index (κ2) is 7.89. The van der Waals surface area contributed by atoms with Gasteiger partial charge in [-0.1, -0.05) is 0 Å². The molecule has 0 unspecified atom stereocenters. The molecule has 1 fully saturated rings. The van der Waals surface area contributed by atoms with Crippen molar-refractivity contribution < 1.29 is 23.0 Å². The Balaban J connectivity index is 1.52. The van der Waals surface area contributed by atoms with Gasteiger partial charge in [0.1, 0.15) is 11.6 Å². The quantitative estimate of drug-likeness (QED) is 0.897. The fourth-order valence-electron chi connectivity index (χ4n) is 2.38. The van der Waals surface area contributed by atoms with E-state index in [-0.39, 0.29) is 5.75 Å². The number of nitrogens with one attached hydrogen (secondary N) is 1. The Bertz CT molecular complexity index is 734. The van der Waals surface area contributed by atoms with Gasteiger partial charge in [-0.3, -0.25) is 4.79 Å². The monoisotopic (exact) mass is 349 g/mol. The van der Waals surface area contributed by atoms with Crippen LogP contribution in [0.3, 0.4) is 0 Å². The lowest BCUT2D eigenvalue weighted by Crippen LogP contribution is -2.36. The van der Waals surface area contributed by atoms with Gasteiger partial charge in [-0.25, -0.2) is 13.8 Å². The van der Waals surface area contributed by atoms with Crippen molar-refractivity contribution in [3.63, 3.8) is 0 Å². The molecule has 25 heavy (non-hydrogen) atoms. The Morgan fingerprint density at radius 1 is 1.24 bits per heavy atom. The normalized spacial score (nSPS) is 14.2. The van der Waals surface area contributed by atoms with Crippen molar-refractivity contribution in [1.29, 1.82) is 0 Å². The molecule has 0 spiro atoms. The highest BCUT2D eigenvalue weighted by Crippen LogP contribution is 2.18.